The molecule has 1 saturated heterocycles. The third-order valence-electron chi connectivity index (χ3n) is 6.03. The maximum absolute atomic E-state index is 13.2. The maximum atomic E-state index is 13.2. The molecule has 0 aromatic carbocycles. The van der Waals surface area contributed by atoms with Crippen LogP contribution in [0, 0.1) is 13.8 Å². The van der Waals surface area contributed by atoms with Crippen LogP contribution in [0.3, 0.4) is 0 Å². The van der Waals surface area contributed by atoms with E-state index in [1.807, 2.05) is 24.1 Å². The molecular weight excluding hydrogens is 408 g/mol. The summed E-state index contributed by atoms with van der Waals surface area (Å²) in [6.45, 7) is 8.36. The molecule has 5 heterocycles. The van der Waals surface area contributed by atoms with Crippen molar-refractivity contribution in [2.45, 2.75) is 45.7 Å². The number of aryl methyl sites for hydroxylation is 2. The molecule has 2 aliphatic rings. The minimum Gasteiger partial charge on any atom is -0.338 e. The Morgan fingerprint density at radius 1 is 1.21 bits per heavy atom. The Kier molecular flexibility index (Phi) is 5.59. The van der Waals surface area contributed by atoms with Crippen molar-refractivity contribution >= 4 is 39.9 Å². The first-order valence-corrected chi connectivity index (χ1v) is 10.7. The van der Waals surface area contributed by atoms with E-state index in [9.17, 15) is 4.79 Å². The van der Waals surface area contributed by atoms with Crippen molar-refractivity contribution in [1.82, 2.24) is 30.0 Å². The number of aromatic nitrogens is 4. The summed E-state index contributed by atoms with van der Waals surface area (Å²) in [5, 5.41) is 13.3. The smallest absolute Gasteiger partial charge is 0.264 e. The standard InChI is InChI=1S/C20H24N6OS.ClH/c1-12-3-6-22-19-16(12)13(2)17(28-19)20(27)25-8-4-14(5-9-25)18-24-23-15-11-21-7-10-26(15)18;/h3,6,14,21H,4-5,7-11H2,1-2H3;1H. The molecule has 0 bridgehead atoms. The van der Waals surface area contributed by atoms with Crippen LogP contribution < -0.4 is 5.32 Å². The predicted octanol–water partition coefficient (Wildman–Crippen LogP) is 3.05. The fraction of sp³-hybridized carbons (Fsp3) is 0.500. The van der Waals surface area contributed by atoms with E-state index in [4.69, 9.17) is 0 Å². The van der Waals surface area contributed by atoms with Crippen molar-refractivity contribution in [2.24, 2.45) is 0 Å². The minimum atomic E-state index is 0. The molecule has 1 amide bonds. The quantitative estimate of drug-likeness (QED) is 0.673. The van der Waals surface area contributed by atoms with E-state index in [0.29, 0.717) is 5.92 Å². The third-order valence-corrected chi connectivity index (χ3v) is 7.22. The molecule has 0 unspecified atom stereocenters. The van der Waals surface area contributed by atoms with Crippen LogP contribution >= 0.6 is 23.7 Å². The summed E-state index contributed by atoms with van der Waals surface area (Å²) in [5.41, 5.74) is 2.25. The number of carbonyl (C=O) groups is 1. The van der Waals surface area contributed by atoms with Gasteiger partial charge in [-0.1, -0.05) is 0 Å². The Hall–Kier alpha value is -2.03. The van der Waals surface area contributed by atoms with E-state index < -0.39 is 0 Å². The lowest BCUT2D eigenvalue weighted by Crippen LogP contribution is -2.38. The molecule has 1 N–H and O–H groups in total. The van der Waals surface area contributed by atoms with Gasteiger partial charge in [0.05, 0.1) is 11.4 Å². The van der Waals surface area contributed by atoms with Crippen molar-refractivity contribution in [3.05, 3.63) is 39.9 Å². The normalized spacial score (nSPS) is 17.2. The largest absolute Gasteiger partial charge is 0.338 e. The number of halogens is 1. The van der Waals surface area contributed by atoms with E-state index in [-0.39, 0.29) is 18.3 Å². The summed E-state index contributed by atoms with van der Waals surface area (Å²) < 4.78 is 2.27. The monoisotopic (exact) mass is 432 g/mol. The summed E-state index contributed by atoms with van der Waals surface area (Å²) in [6, 6.07) is 2.01. The summed E-state index contributed by atoms with van der Waals surface area (Å²) in [5.74, 6) is 2.66. The zero-order valence-corrected chi connectivity index (χ0v) is 18.3. The number of hydrogen-bond donors (Lipinski definition) is 1. The summed E-state index contributed by atoms with van der Waals surface area (Å²) in [4.78, 5) is 21.4. The Morgan fingerprint density at radius 3 is 2.76 bits per heavy atom. The van der Waals surface area contributed by atoms with Crippen molar-refractivity contribution in [2.75, 3.05) is 19.6 Å². The number of amides is 1. The van der Waals surface area contributed by atoms with Crippen molar-refractivity contribution in [3.8, 4) is 0 Å². The second kappa shape index (κ2) is 8.01. The van der Waals surface area contributed by atoms with Gasteiger partial charge in [-0.2, -0.15) is 0 Å². The van der Waals surface area contributed by atoms with Gasteiger partial charge < -0.3 is 14.8 Å². The molecule has 0 radical (unpaired) electrons. The number of nitrogens with zero attached hydrogens (tertiary/aromatic N) is 5. The molecule has 0 spiro atoms. The Labute approximate surface area is 179 Å². The van der Waals surface area contributed by atoms with Crippen molar-refractivity contribution < 1.29 is 4.79 Å². The Bertz CT molecular complexity index is 1050. The van der Waals surface area contributed by atoms with E-state index >= 15 is 0 Å². The number of thiophene rings is 1. The molecule has 7 nitrogen and oxygen atoms in total. The third kappa shape index (κ3) is 3.43. The number of piperidine rings is 1. The van der Waals surface area contributed by atoms with Gasteiger partial charge in [-0.3, -0.25) is 4.79 Å². The van der Waals surface area contributed by atoms with E-state index in [1.165, 1.54) is 16.9 Å². The molecule has 3 aromatic rings. The molecule has 29 heavy (non-hydrogen) atoms. The first kappa shape index (κ1) is 20.3. The highest BCUT2D eigenvalue weighted by atomic mass is 35.5. The molecule has 1 fully saturated rings. The minimum absolute atomic E-state index is 0. The van der Waals surface area contributed by atoms with Crippen LogP contribution in [0.4, 0.5) is 0 Å². The number of carbonyl (C=O) groups excluding carboxylic acids is 1. The lowest BCUT2D eigenvalue weighted by atomic mass is 9.95. The fourth-order valence-electron chi connectivity index (χ4n) is 4.46. The Balaban J connectivity index is 0.00000205. The van der Waals surface area contributed by atoms with E-state index in [1.54, 1.807) is 0 Å². The molecule has 154 valence electrons. The summed E-state index contributed by atoms with van der Waals surface area (Å²) in [6.07, 6.45) is 3.71. The molecule has 3 aromatic heterocycles. The van der Waals surface area contributed by atoms with Crippen LogP contribution in [0.2, 0.25) is 0 Å². The first-order valence-electron chi connectivity index (χ1n) is 9.90. The molecular formula is C20H25ClN6OS. The van der Waals surface area contributed by atoms with Gasteiger partial charge in [-0.15, -0.1) is 33.9 Å². The van der Waals surface area contributed by atoms with Gasteiger partial charge in [0, 0.05) is 43.7 Å². The van der Waals surface area contributed by atoms with Crippen LogP contribution in [0.25, 0.3) is 10.2 Å². The molecule has 9 heteroatoms. The van der Waals surface area contributed by atoms with Crippen LogP contribution in [0.15, 0.2) is 12.3 Å². The van der Waals surface area contributed by atoms with Gasteiger partial charge in [0.25, 0.3) is 5.91 Å². The second-order valence-electron chi connectivity index (χ2n) is 7.73. The molecule has 5 rings (SSSR count). The number of fused-ring (bicyclic) bond motifs is 2. The van der Waals surface area contributed by atoms with Crippen molar-refractivity contribution in [3.63, 3.8) is 0 Å². The number of pyridine rings is 1. The maximum Gasteiger partial charge on any atom is 0.264 e. The Morgan fingerprint density at radius 2 is 2.00 bits per heavy atom. The highest BCUT2D eigenvalue weighted by Crippen LogP contribution is 2.34. The lowest BCUT2D eigenvalue weighted by Gasteiger charge is -2.32. The van der Waals surface area contributed by atoms with Gasteiger partial charge in [0.15, 0.2) is 0 Å². The summed E-state index contributed by atoms with van der Waals surface area (Å²) in [7, 11) is 0. The first-order chi connectivity index (χ1) is 13.6. The van der Waals surface area contributed by atoms with E-state index in [0.717, 1.165) is 77.9 Å². The van der Waals surface area contributed by atoms with Crippen LogP contribution in [0.5, 0.6) is 0 Å². The molecule has 0 saturated carbocycles. The molecule has 0 aliphatic carbocycles. The SMILES string of the molecule is Cc1ccnc2sc(C(=O)N3CCC(c4nnc5n4CCNC5)CC3)c(C)c12.Cl. The second-order valence-corrected chi connectivity index (χ2v) is 8.73. The molecule has 2 aliphatic heterocycles. The van der Waals surface area contributed by atoms with Crippen molar-refractivity contribution in [1.29, 1.82) is 0 Å². The van der Waals surface area contributed by atoms with E-state index in [2.05, 4.69) is 32.0 Å². The lowest BCUT2D eigenvalue weighted by molar-refractivity contribution is 0.0714. The summed E-state index contributed by atoms with van der Waals surface area (Å²) >= 11 is 1.52. The highest BCUT2D eigenvalue weighted by Gasteiger charge is 2.30. The average Bonchev–Trinajstić information content (AvgIpc) is 3.30. The van der Waals surface area contributed by atoms with Gasteiger partial charge in [-0.05, 0) is 43.9 Å². The zero-order chi connectivity index (χ0) is 19.3. The predicted molar refractivity (Wildman–Crippen MR) is 116 cm³/mol. The van der Waals surface area contributed by atoms with Gasteiger partial charge in [0.2, 0.25) is 0 Å². The van der Waals surface area contributed by atoms with Crippen LogP contribution in [-0.2, 0) is 13.1 Å². The van der Waals surface area contributed by atoms with Crippen LogP contribution in [-0.4, -0.2) is 50.2 Å². The topological polar surface area (TPSA) is 75.9 Å². The number of nitrogens with one attached hydrogen (secondary N) is 1. The number of hydrogen-bond acceptors (Lipinski definition) is 6. The number of likely N-dealkylation sites (tertiary alicyclic amines) is 1. The number of rotatable bonds is 2. The highest BCUT2D eigenvalue weighted by molar-refractivity contribution is 7.20. The zero-order valence-electron chi connectivity index (χ0n) is 16.6. The van der Waals surface area contributed by atoms with Crippen LogP contribution in [0.1, 0.15) is 51.2 Å². The van der Waals surface area contributed by atoms with Gasteiger partial charge >= 0.3 is 0 Å². The van der Waals surface area contributed by atoms with Gasteiger partial charge in [0.1, 0.15) is 16.5 Å². The fourth-order valence-corrected chi connectivity index (χ4v) is 5.65. The average molecular weight is 433 g/mol. The van der Waals surface area contributed by atoms with Gasteiger partial charge in [-0.25, -0.2) is 4.98 Å². The molecule has 0 atom stereocenters.